The van der Waals surface area contributed by atoms with Crippen LogP contribution in [0.4, 0.5) is 0 Å². The van der Waals surface area contributed by atoms with Crippen molar-refractivity contribution in [1.82, 2.24) is 5.32 Å². The van der Waals surface area contributed by atoms with Gasteiger partial charge in [-0.25, -0.2) is 0 Å². The predicted octanol–water partition coefficient (Wildman–Crippen LogP) is 4.06. The molecule has 1 rings (SSSR count). The largest absolute Gasteiger partial charge is 0.349 e. The second-order valence-electron chi connectivity index (χ2n) is 5.47. The van der Waals surface area contributed by atoms with Gasteiger partial charge in [-0.2, -0.15) is 0 Å². The molecule has 0 radical (unpaired) electrons. The second kappa shape index (κ2) is 9.80. The molecule has 118 valence electrons. The Morgan fingerprint density at radius 1 is 1.19 bits per heavy atom. The minimum atomic E-state index is 0.0596. The van der Waals surface area contributed by atoms with E-state index in [-0.39, 0.29) is 11.9 Å². The Balaban J connectivity index is 2.49. The first-order valence-corrected chi connectivity index (χ1v) is 8.23. The van der Waals surface area contributed by atoms with Gasteiger partial charge in [0, 0.05) is 11.4 Å². The van der Waals surface area contributed by atoms with Crippen LogP contribution in [-0.4, -0.2) is 12.5 Å². The summed E-state index contributed by atoms with van der Waals surface area (Å²) in [5.74, 6) is 0.670. The summed E-state index contributed by atoms with van der Waals surface area (Å²) in [6.07, 6.45) is 4.43. The minimum Gasteiger partial charge on any atom is -0.349 e. The topological polar surface area (TPSA) is 55.1 Å². The van der Waals surface area contributed by atoms with Crippen molar-refractivity contribution in [3.63, 3.8) is 0 Å². The lowest BCUT2D eigenvalue weighted by Crippen LogP contribution is -2.28. The molecule has 3 N–H and O–H groups in total. The minimum absolute atomic E-state index is 0.0596. The van der Waals surface area contributed by atoms with Crippen LogP contribution in [0.2, 0.25) is 5.02 Å². The van der Waals surface area contributed by atoms with E-state index in [4.69, 9.17) is 17.3 Å². The van der Waals surface area contributed by atoms with E-state index in [1.807, 2.05) is 24.3 Å². The molecule has 2 atom stereocenters. The van der Waals surface area contributed by atoms with Gasteiger partial charge in [-0.05, 0) is 49.4 Å². The van der Waals surface area contributed by atoms with Crippen LogP contribution in [0.1, 0.15) is 57.6 Å². The van der Waals surface area contributed by atoms with E-state index < -0.39 is 0 Å². The highest BCUT2D eigenvalue weighted by Crippen LogP contribution is 2.20. The SMILES string of the molecule is CCC(CCN)CCC(=O)NC(CC)c1ccc(Cl)cc1. The molecule has 0 saturated heterocycles. The molecule has 0 saturated carbocycles. The van der Waals surface area contributed by atoms with Crippen molar-refractivity contribution < 1.29 is 4.79 Å². The molecule has 0 heterocycles. The molecule has 0 bridgehead atoms. The fourth-order valence-electron chi connectivity index (χ4n) is 2.51. The molecule has 0 aromatic heterocycles. The van der Waals surface area contributed by atoms with Crippen LogP contribution in [0.3, 0.4) is 0 Å². The predicted molar refractivity (Wildman–Crippen MR) is 89.3 cm³/mol. The van der Waals surface area contributed by atoms with Crippen LogP contribution >= 0.6 is 11.6 Å². The maximum atomic E-state index is 12.1. The van der Waals surface area contributed by atoms with Gasteiger partial charge in [0.05, 0.1) is 6.04 Å². The molecule has 4 heteroatoms. The lowest BCUT2D eigenvalue weighted by Gasteiger charge is -2.19. The van der Waals surface area contributed by atoms with Crippen LogP contribution in [0.5, 0.6) is 0 Å². The van der Waals surface area contributed by atoms with Gasteiger partial charge in [0.1, 0.15) is 0 Å². The fourth-order valence-corrected chi connectivity index (χ4v) is 2.63. The van der Waals surface area contributed by atoms with Crippen LogP contribution in [0, 0.1) is 5.92 Å². The van der Waals surface area contributed by atoms with Crippen molar-refractivity contribution in [3.8, 4) is 0 Å². The monoisotopic (exact) mass is 310 g/mol. The van der Waals surface area contributed by atoms with Crippen molar-refractivity contribution in [1.29, 1.82) is 0 Å². The third kappa shape index (κ3) is 6.49. The molecule has 0 spiro atoms. The van der Waals surface area contributed by atoms with Gasteiger partial charge in [0.25, 0.3) is 0 Å². The highest BCUT2D eigenvalue weighted by Gasteiger charge is 2.14. The molecule has 1 aromatic carbocycles. The van der Waals surface area contributed by atoms with Gasteiger partial charge >= 0.3 is 0 Å². The third-order valence-corrected chi connectivity index (χ3v) is 4.20. The molecule has 21 heavy (non-hydrogen) atoms. The van der Waals surface area contributed by atoms with Gasteiger partial charge in [-0.15, -0.1) is 0 Å². The van der Waals surface area contributed by atoms with Crippen molar-refractivity contribution in [3.05, 3.63) is 34.9 Å². The zero-order chi connectivity index (χ0) is 15.7. The van der Waals surface area contributed by atoms with Gasteiger partial charge in [-0.3, -0.25) is 4.79 Å². The smallest absolute Gasteiger partial charge is 0.220 e. The van der Waals surface area contributed by atoms with E-state index in [2.05, 4.69) is 19.2 Å². The number of halogens is 1. The Kier molecular flexibility index (Phi) is 8.40. The Labute approximate surface area is 133 Å². The first kappa shape index (κ1) is 18.0. The highest BCUT2D eigenvalue weighted by molar-refractivity contribution is 6.30. The molecule has 0 aliphatic rings. The first-order chi connectivity index (χ1) is 10.1. The van der Waals surface area contributed by atoms with E-state index in [0.29, 0.717) is 23.9 Å². The summed E-state index contributed by atoms with van der Waals surface area (Å²) in [7, 11) is 0. The van der Waals surface area contributed by atoms with Crippen molar-refractivity contribution in [2.24, 2.45) is 11.7 Å². The summed E-state index contributed by atoms with van der Waals surface area (Å²) >= 11 is 5.90. The lowest BCUT2D eigenvalue weighted by molar-refractivity contribution is -0.122. The second-order valence-corrected chi connectivity index (χ2v) is 5.91. The average Bonchev–Trinajstić information content (AvgIpc) is 2.50. The molecule has 2 unspecified atom stereocenters. The summed E-state index contributed by atoms with van der Waals surface area (Å²) in [5, 5.41) is 3.83. The quantitative estimate of drug-likeness (QED) is 0.722. The van der Waals surface area contributed by atoms with Crippen LogP contribution < -0.4 is 11.1 Å². The Hall–Kier alpha value is -1.06. The van der Waals surface area contributed by atoms with Gasteiger partial charge in [-0.1, -0.05) is 44.0 Å². The molecular formula is C17H27ClN2O. The number of benzene rings is 1. The molecule has 0 fully saturated rings. The van der Waals surface area contributed by atoms with Gasteiger partial charge in [0.15, 0.2) is 0 Å². The highest BCUT2D eigenvalue weighted by atomic mass is 35.5. The summed E-state index contributed by atoms with van der Waals surface area (Å²) in [6, 6.07) is 7.73. The molecule has 0 aliphatic carbocycles. The number of nitrogens with one attached hydrogen (secondary N) is 1. The standard InChI is InChI=1S/C17H27ClN2O/c1-3-13(11-12-19)5-10-17(21)20-16(4-2)14-6-8-15(18)9-7-14/h6-9,13,16H,3-5,10-12,19H2,1-2H3,(H,20,21). The molecule has 3 nitrogen and oxygen atoms in total. The van der Waals surface area contributed by atoms with E-state index in [1.54, 1.807) is 0 Å². The zero-order valence-corrected chi connectivity index (χ0v) is 13.8. The Morgan fingerprint density at radius 3 is 2.38 bits per heavy atom. The van der Waals surface area contributed by atoms with Gasteiger partial charge < -0.3 is 11.1 Å². The third-order valence-electron chi connectivity index (χ3n) is 3.95. The van der Waals surface area contributed by atoms with Crippen molar-refractivity contribution in [2.45, 2.75) is 52.0 Å². The Morgan fingerprint density at radius 2 is 1.86 bits per heavy atom. The fraction of sp³-hybridized carbons (Fsp3) is 0.588. The number of carbonyl (C=O) groups excluding carboxylic acids is 1. The number of hydrogen-bond donors (Lipinski definition) is 2. The zero-order valence-electron chi connectivity index (χ0n) is 13.1. The van der Waals surface area contributed by atoms with Crippen LogP contribution in [0.25, 0.3) is 0 Å². The number of nitrogens with two attached hydrogens (primary N) is 1. The molecular weight excluding hydrogens is 284 g/mol. The van der Waals surface area contributed by atoms with E-state index >= 15 is 0 Å². The van der Waals surface area contributed by atoms with Crippen molar-refractivity contribution in [2.75, 3.05) is 6.54 Å². The maximum absolute atomic E-state index is 12.1. The molecule has 1 amide bonds. The maximum Gasteiger partial charge on any atom is 0.220 e. The first-order valence-electron chi connectivity index (χ1n) is 7.85. The number of amides is 1. The van der Waals surface area contributed by atoms with Gasteiger partial charge in [0.2, 0.25) is 5.91 Å². The lowest BCUT2D eigenvalue weighted by atomic mass is 9.96. The summed E-state index contributed by atoms with van der Waals surface area (Å²) in [4.78, 5) is 12.1. The summed E-state index contributed by atoms with van der Waals surface area (Å²) in [6.45, 7) is 4.92. The average molecular weight is 311 g/mol. The number of hydrogen-bond acceptors (Lipinski definition) is 2. The number of carbonyl (C=O) groups is 1. The van der Waals surface area contributed by atoms with E-state index in [0.717, 1.165) is 31.2 Å². The normalized spacial score (nSPS) is 13.7. The van der Waals surface area contributed by atoms with Crippen LogP contribution in [-0.2, 0) is 4.79 Å². The molecule has 1 aromatic rings. The molecule has 0 aliphatic heterocycles. The van der Waals surface area contributed by atoms with E-state index in [1.165, 1.54) is 0 Å². The summed E-state index contributed by atoms with van der Waals surface area (Å²) in [5.41, 5.74) is 6.69. The van der Waals surface area contributed by atoms with Crippen LogP contribution in [0.15, 0.2) is 24.3 Å². The van der Waals surface area contributed by atoms with Crippen molar-refractivity contribution >= 4 is 17.5 Å². The van der Waals surface area contributed by atoms with E-state index in [9.17, 15) is 4.79 Å². The number of rotatable bonds is 9. The summed E-state index contributed by atoms with van der Waals surface area (Å²) < 4.78 is 0. The Bertz CT molecular complexity index is 419.